The van der Waals surface area contributed by atoms with Crippen LogP contribution in [0.25, 0.3) is 0 Å². The van der Waals surface area contributed by atoms with Crippen molar-refractivity contribution in [3.8, 4) is 5.75 Å². The topological polar surface area (TPSA) is 67.8 Å². The minimum absolute atomic E-state index is 0.0272. The Morgan fingerprint density at radius 3 is 2.81 bits per heavy atom. The van der Waals surface area contributed by atoms with Gasteiger partial charge in [-0.25, -0.2) is 4.39 Å². The number of benzene rings is 2. The van der Waals surface area contributed by atoms with Gasteiger partial charge in [0, 0.05) is 10.6 Å². The second-order valence-corrected chi connectivity index (χ2v) is 4.87. The van der Waals surface area contributed by atoms with Gasteiger partial charge in [-0.15, -0.1) is 0 Å². The van der Waals surface area contributed by atoms with E-state index in [2.05, 4.69) is 5.16 Å². The van der Waals surface area contributed by atoms with Gasteiger partial charge in [0.05, 0.1) is 5.56 Å². The maximum atomic E-state index is 14.2. The van der Waals surface area contributed by atoms with E-state index < -0.39 is 5.82 Å². The minimum atomic E-state index is -0.571. The summed E-state index contributed by atoms with van der Waals surface area (Å²) in [6, 6.07) is 9.82. The quantitative estimate of drug-likeness (QED) is 0.393. The number of nitrogens with zero attached hydrogens (tertiary/aromatic N) is 1. The second-order valence-electron chi connectivity index (χ2n) is 4.46. The third kappa shape index (κ3) is 3.44. The van der Waals surface area contributed by atoms with Crippen molar-refractivity contribution in [2.24, 2.45) is 10.9 Å². The Morgan fingerprint density at radius 1 is 1.38 bits per heavy atom. The summed E-state index contributed by atoms with van der Waals surface area (Å²) in [6.07, 6.45) is 0. The van der Waals surface area contributed by atoms with Crippen molar-refractivity contribution in [1.29, 1.82) is 0 Å². The van der Waals surface area contributed by atoms with Gasteiger partial charge in [-0.3, -0.25) is 0 Å². The maximum absolute atomic E-state index is 14.2. The Morgan fingerprint density at radius 2 is 2.14 bits per heavy atom. The average Bonchev–Trinajstić information content (AvgIpc) is 2.49. The van der Waals surface area contributed by atoms with Crippen LogP contribution in [0, 0.1) is 12.7 Å². The van der Waals surface area contributed by atoms with E-state index in [1.54, 1.807) is 30.3 Å². The lowest BCUT2D eigenvalue weighted by Crippen LogP contribution is -2.16. The van der Waals surface area contributed by atoms with Gasteiger partial charge in [0.1, 0.15) is 18.2 Å². The molecule has 0 atom stereocenters. The van der Waals surface area contributed by atoms with Gasteiger partial charge in [0.15, 0.2) is 5.84 Å². The van der Waals surface area contributed by atoms with Gasteiger partial charge < -0.3 is 15.7 Å². The first-order valence-electron chi connectivity index (χ1n) is 6.17. The van der Waals surface area contributed by atoms with E-state index in [-0.39, 0.29) is 18.0 Å². The fourth-order valence-electron chi connectivity index (χ4n) is 1.81. The molecule has 0 amide bonds. The van der Waals surface area contributed by atoms with Crippen LogP contribution in [0.5, 0.6) is 5.75 Å². The Balaban J connectivity index is 2.18. The fraction of sp³-hybridized carbons (Fsp3) is 0.133. The lowest BCUT2D eigenvalue weighted by molar-refractivity contribution is 0.299. The summed E-state index contributed by atoms with van der Waals surface area (Å²) in [4.78, 5) is 0. The summed E-state index contributed by atoms with van der Waals surface area (Å²) < 4.78 is 19.7. The standard InChI is InChI=1S/C15H14ClFN2O2/c1-9-7-11(5-6-13(9)16)21-8-10-3-2-4-12(14(10)17)15(18)19-20/h2-7,20H,8H2,1H3,(H2,18,19). The molecule has 110 valence electrons. The van der Waals surface area contributed by atoms with Crippen LogP contribution in [-0.4, -0.2) is 11.0 Å². The molecule has 2 rings (SSSR count). The first-order valence-corrected chi connectivity index (χ1v) is 6.55. The molecule has 0 heterocycles. The van der Waals surface area contributed by atoms with Crippen LogP contribution in [0.2, 0.25) is 5.02 Å². The van der Waals surface area contributed by atoms with Crippen LogP contribution in [0.4, 0.5) is 4.39 Å². The second kappa shape index (κ2) is 6.45. The Hall–Kier alpha value is -2.27. The van der Waals surface area contributed by atoms with E-state index in [9.17, 15) is 4.39 Å². The summed E-state index contributed by atoms with van der Waals surface area (Å²) in [5, 5.41) is 12.1. The lowest BCUT2D eigenvalue weighted by Gasteiger charge is -2.10. The van der Waals surface area contributed by atoms with E-state index in [0.717, 1.165) is 5.56 Å². The van der Waals surface area contributed by atoms with Crippen molar-refractivity contribution in [3.05, 3.63) is 63.9 Å². The number of aryl methyl sites for hydroxylation is 1. The molecule has 0 saturated carbocycles. The van der Waals surface area contributed by atoms with E-state index in [0.29, 0.717) is 16.3 Å². The molecular formula is C15H14ClFN2O2. The predicted molar refractivity (Wildman–Crippen MR) is 79.4 cm³/mol. The van der Waals surface area contributed by atoms with Gasteiger partial charge in [0.2, 0.25) is 0 Å². The number of amidine groups is 1. The van der Waals surface area contributed by atoms with Crippen LogP contribution in [0.3, 0.4) is 0 Å². The molecule has 0 aliphatic rings. The van der Waals surface area contributed by atoms with Crippen molar-refractivity contribution in [3.63, 3.8) is 0 Å². The van der Waals surface area contributed by atoms with Crippen LogP contribution < -0.4 is 10.5 Å². The molecule has 0 saturated heterocycles. The van der Waals surface area contributed by atoms with Crippen molar-refractivity contribution in [2.75, 3.05) is 0 Å². The van der Waals surface area contributed by atoms with Gasteiger partial charge >= 0.3 is 0 Å². The molecule has 0 spiro atoms. The third-order valence-corrected chi connectivity index (χ3v) is 3.41. The number of hydrogen-bond donors (Lipinski definition) is 2. The molecule has 0 radical (unpaired) electrons. The molecule has 21 heavy (non-hydrogen) atoms. The molecular weight excluding hydrogens is 295 g/mol. The summed E-state index contributed by atoms with van der Waals surface area (Å²) in [5.41, 5.74) is 6.63. The zero-order chi connectivity index (χ0) is 15.4. The number of rotatable bonds is 4. The zero-order valence-electron chi connectivity index (χ0n) is 11.3. The molecule has 0 aromatic heterocycles. The third-order valence-electron chi connectivity index (χ3n) is 2.99. The van der Waals surface area contributed by atoms with Crippen molar-refractivity contribution < 1.29 is 14.3 Å². The molecule has 0 aliphatic heterocycles. The van der Waals surface area contributed by atoms with Gasteiger partial charge in [-0.05, 0) is 36.8 Å². The largest absolute Gasteiger partial charge is 0.489 e. The summed E-state index contributed by atoms with van der Waals surface area (Å²) >= 11 is 5.93. The molecule has 3 N–H and O–H groups in total. The first kappa shape index (κ1) is 15.1. The maximum Gasteiger partial charge on any atom is 0.173 e. The molecule has 0 unspecified atom stereocenters. The normalized spacial score (nSPS) is 11.5. The zero-order valence-corrected chi connectivity index (χ0v) is 12.1. The molecule has 2 aromatic carbocycles. The molecule has 0 fully saturated rings. The Bertz CT molecular complexity index is 689. The summed E-state index contributed by atoms with van der Waals surface area (Å²) in [5.74, 6) is -0.263. The minimum Gasteiger partial charge on any atom is -0.489 e. The number of halogens is 2. The number of oxime groups is 1. The Kier molecular flexibility index (Phi) is 4.65. The fourth-order valence-corrected chi connectivity index (χ4v) is 1.93. The Labute approximate surface area is 126 Å². The monoisotopic (exact) mass is 308 g/mol. The molecule has 2 aromatic rings. The van der Waals surface area contributed by atoms with Gasteiger partial charge in [-0.1, -0.05) is 28.9 Å². The van der Waals surface area contributed by atoms with Crippen LogP contribution in [0.1, 0.15) is 16.7 Å². The SMILES string of the molecule is Cc1cc(OCc2cccc(/C(N)=N/O)c2F)ccc1Cl. The van der Waals surface area contributed by atoms with Crippen LogP contribution in [0.15, 0.2) is 41.6 Å². The van der Waals surface area contributed by atoms with Gasteiger partial charge in [0.25, 0.3) is 0 Å². The van der Waals surface area contributed by atoms with Crippen molar-refractivity contribution in [1.82, 2.24) is 0 Å². The summed E-state index contributed by atoms with van der Waals surface area (Å²) in [6.45, 7) is 1.88. The van der Waals surface area contributed by atoms with E-state index in [4.69, 9.17) is 27.3 Å². The average molecular weight is 309 g/mol. The highest BCUT2D eigenvalue weighted by molar-refractivity contribution is 6.31. The van der Waals surface area contributed by atoms with E-state index in [1.165, 1.54) is 6.07 Å². The number of ether oxygens (including phenoxy) is 1. The predicted octanol–water partition coefficient (Wildman–Crippen LogP) is 3.46. The number of nitrogens with two attached hydrogens (primary N) is 1. The van der Waals surface area contributed by atoms with Crippen LogP contribution >= 0.6 is 11.6 Å². The van der Waals surface area contributed by atoms with Crippen LogP contribution in [-0.2, 0) is 6.61 Å². The molecule has 0 bridgehead atoms. The highest BCUT2D eigenvalue weighted by Gasteiger charge is 2.12. The smallest absolute Gasteiger partial charge is 0.173 e. The van der Waals surface area contributed by atoms with Crippen molar-refractivity contribution >= 4 is 17.4 Å². The van der Waals surface area contributed by atoms with Gasteiger partial charge in [-0.2, -0.15) is 0 Å². The molecule has 6 heteroatoms. The lowest BCUT2D eigenvalue weighted by atomic mass is 10.1. The van der Waals surface area contributed by atoms with E-state index in [1.807, 2.05) is 6.92 Å². The van der Waals surface area contributed by atoms with Crippen molar-refractivity contribution in [2.45, 2.75) is 13.5 Å². The highest BCUT2D eigenvalue weighted by atomic mass is 35.5. The number of hydrogen-bond acceptors (Lipinski definition) is 3. The molecule has 4 nitrogen and oxygen atoms in total. The molecule has 0 aliphatic carbocycles. The summed E-state index contributed by atoms with van der Waals surface area (Å²) in [7, 11) is 0. The highest BCUT2D eigenvalue weighted by Crippen LogP contribution is 2.22. The van der Waals surface area contributed by atoms with E-state index >= 15 is 0 Å². The first-order chi connectivity index (χ1) is 10.0.